The standard InChI is InChI=1S/C13H9Br2N3O7/c14-10-5-9(8-4-2-1-3-7(8)6-16-19)11(17(20)21)12(15)13(10,25-24)18(22)23/h1-6,12,19,24H. The lowest BCUT2D eigenvalue weighted by Crippen LogP contribution is -2.52. The molecule has 2 unspecified atom stereocenters. The Balaban J connectivity index is 2.82. The molecule has 12 heteroatoms. The van der Waals surface area contributed by atoms with E-state index in [1.807, 2.05) is 0 Å². The maximum atomic E-state index is 11.6. The van der Waals surface area contributed by atoms with Crippen molar-refractivity contribution in [1.29, 1.82) is 0 Å². The normalized spacial score (nSPS) is 23.6. The van der Waals surface area contributed by atoms with Gasteiger partial charge in [0, 0.05) is 5.56 Å². The fourth-order valence-electron chi connectivity index (χ4n) is 2.37. The second-order valence-electron chi connectivity index (χ2n) is 4.79. The highest BCUT2D eigenvalue weighted by Crippen LogP contribution is 2.46. The molecule has 0 bridgehead atoms. The van der Waals surface area contributed by atoms with Crippen LogP contribution in [-0.2, 0) is 4.89 Å². The molecule has 0 amide bonds. The van der Waals surface area contributed by atoms with Gasteiger partial charge < -0.3 is 5.21 Å². The Labute approximate surface area is 156 Å². The molecule has 2 rings (SSSR count). The van der Waals surface area contributed by atoms with Gasteiger partial charge in [-0.3, -0.25) is 20.2 Å². The zero-order valence-electron chi connectivity index (χ0n) is 12.1. The average Bonchev–Trinajstić information content (AvgIpc) is 2.55. The zero-order chi connectivity index (χ0) is 18.8. The monoisotopic (exact) mass is 477 g/mol. The Morgan fingerprint density at radius 3 is 2.48 bits per heavy atom. The minimum Gasteiger partial charge on any atom is -0.411 e. The number of nitrogens with zero attached hydrogens (tertiary/aromatic N) is 3. The van der Waals surface area contributed by atoms with Gasteiger partial charge in [0.05, 0.1) is 21.6 Å². The molecule has 2 N–H and O–H groups in total. The topological polar surface area (TPSA) is 148 Å². The van der Waals surface area contributed by atoms with E-state index in [0.717, 1.165) is 12.3 Å². The summed E-state index contributed by atoms with van der Waals surface area (Å²) in [4.78, 5) is 23.6. The molecule has 1 aliphatic rings. The number of hydrogen-bond acceptors (Lipinski definition) is 8. The van der Waals surface area contributed by atoms with Gasteiger partial charge >= 0.3 is 5.72 Å². The van der Waals surface area contributed by atoms with Gasteiger partial charge in [0.1, 0.15) is 4.48 Å². The van der Waals surface area contributed by atoms with Crippen LogP contribution in [-0.4, -0.2) is 37.1 Å². The molecule has 0 saturated heterocycles. The summed E-state index contributed by atoms with van der Waals surface area (Å²) in [5.41, 5.74) is -2.57. The summed E-state index contributed by atoms with van der Waals surface area (Å²) >= 11 is 5.86. The minimum atomic E-state index is -2.62. The fourth-order valence-corrected chi connectivity index (χ4v) is 4.27. The SMILES string of the molecule is O=[N+]([O-])C1=C(c2ccccc2C=NO)C=C(Br)C(OO)([N+](=O)[O-])C1Br. The molecule has 1 aromatic carbocycles. The van der Waals surface area contributed by atoms with Crippen molar-refractivity contribution in [3.63, 3.8) is 0 Å². The molecular weight excluding hydrogens is 470 g/mol. The number of alkyl halides is 1. The molecule has 2 atom stereocenters. The van der Waals surface area contributed by atoms with Crippen molar-refractivity contribution in [3.8, 4) is 0 Å². The van der Waals surface area contributed by atoms with Crippen molar-refractivity contribution in [3.05, 3.63) is 71.9 Å². The summed E-state index contributed by atoms with van der Waals surface area (Å²) in [6.45, 7) is 0. The molecule has 1 aromatic rings. The Bertz CT molecular complexity index is 824. The Kier molecular flexibility index (Phi) is 5.67. The molecule has 0 spiro atoms. The van der Waals surface area contributed by atoms with Crippen molar-refractivity contribution in [1.82, 2.24) is 0 Å². The van der Waals surface area contributed by atoms with E-state index in [4.69, 9.17) is 10.5 Å². The van der Waals surface area contributed by atoms with Crippen LogP contribution in [0.15, 0.2) is 45.7 Å². The molecular formula is C13H9Br2N3O7. The first kappa shape index (κ1) is 19.2. The van der Waals surface area contributed by atoms with Gasteiger partial charge in [0.15, 0.2) is 0 Å². The number of nitro groups is 2. The first-order chi connectivity index (χ1) is 11.8. The van der Waals surface area contributed by atoms with Crippen LogP contribution in [0, 0.1) is 20.2 Å². The minimum absolute atomic E-state index is 0.0174. The maximum absolute atomic E-state index is 11.6. The van der Waals surface area contributed by atoms with Crippen LogP contribution in [0.4, 0.5) is 0 Å². The van der Waals surface area contributed by atoms with Crippen LogP contribution in [0.3, 0.4) is 0 Å². The Morgan fingerprint density at radius 1 is 1.32 bits per heavy atom. The van der Waals surface area contributed by atoms with Crippen LogP contribution in [0.1, 0.15) is 11.1 Å². The number of rotatable bonds is 5. The highest BCUT2D eigenvalue weighted by molar-refractivity contribution is 9.12. The Morgan fingerprint density at radius 2 is 1.96 bits per heavy atom. The summed E-state index contributed by atoms with van der Waals surface area (Å²) in [6, 6.07) is 6.28. The Hall–Kier alpha value is -2.15. The van der Waals surface area contributed by atoms with Gasteiger partial charge in [-0.1, -0.05) is 45.4 Å². The predicted octanol–water partition coefficient (Wildman–Crippen LogP) is 3.00. The average molecular weight is 479 g/mol. The van der Waals surface area contributed by atoms with Crippen molar-refractivity contribution < 1.29 is 25.2 Å². The van der Waals surface area contributed by atoms with Crippen molar-refractivity contribution in [2.75, 3.05) is 0 Å². The van der Waals surface area contributed by atoms with E-state index in [1.54, 1.807) is 18.2 Å². The van der Waals surface area contributed by atoms with E-state index in [-0.39, 0.29) is 10.1 Å². The van der Waals surface area contributed by atoms with E-state index in [1.165, 1.54) is 6.07 Å². The van der Waals surface area contributed by atoms with Gasteiger partial charge in [-0.05, 0) is 27.6 Å². The van der Waals surface area contributed by atoms with E-state index in [9.17, 15) is 20.2 Å². The summed E-state index contributed by atoms with van der Waals surface area (Å²) in [7, 11) is 0. The van der Waals surface area contributed by atoms with Crippen LogP contribution >= 0.6 is 31.9 Å². The third-order valence-corrected chi connectivity index (χ3v) is 5.38. The van der Waals surface area contributed by atoms with Crippen molar-refractivity contribution in [2.24, 2.45) is 5.16 Å². The first-order valence-corrected chi connectivity index (χ1v) is 8.16. The lowest BCUT2D eigenvalue weighted by Gasteiger charge is -2.28. The van der Waals surface area contributed by atoms with E-state index < -0.39 is 26.1 Å². The number of oxime groups is 1. The number of hydrogen-bond donors (Lipinski definition) is 2. The van der Waals surface area contributed by atoms with Gasteiger partial charge in [-0.25, -0.2) is 5.26 Å². The molecule has 0 saturated carbocycles. The molecule has 0 fully saturated rings. The second kappa shape index (κ2) is 7.39. The van der Waals surface area contributed by atoms with Crippen LogP contribution in [0.25, 0.3) is 5.57 Å². The quantitative estimate of drug-likeness (QED) is 0.126. The van der Waals surface area contributed by atoms with E-state index >= 15 is 0 Å². The molecule has 1 aliphatic carbocycles. The second-order valence-corrected chi connectivity index (χ2v) is 6.56. The predicted molar refractivity (Wildman–Crippen MR) is 92.9 cm³/mol. The molecule has 25 heavy (non-hydrogen) atoms. The third kappa shape index (κ3) is 3.08. The van der Waals surface area contributed by atoms with Crippen LogP contribution in [0.5, 0.6) is 0 Å². The molecule has 132 valence electrons. The summed E-state index contributed by atoms with van der Waals surface area (Å²) in [5.74, 6) is 0. The zero-order valence-corrected chi connectivity index (χ0v) is 15.2. The summed E-state index contributed by atoms with van der Waals surface area (Å²) < 4.78 is -0.245. The lowest BCUT2D eigenvalue weighted by atomic mass is 9.90. The highest BCUT2D eigenvalue weighted by atomic mass is 79.9. The maximum Gasteiger partial charge on any atom is 0.405 e. The highest BCUT2D eigenvalue weighted by Gasteiger charge is 2.63. The van der Waals surface area contributed by atoms with Crippen molar-refractivity contribution in [2.45, 2.75) is 10.6 Å². The van der Waals surface area contributed by atoms with Gasteiger partial charge in [-0.2, -0.15) is 4.89 Å². The lowest BCUT2D eigenvalue weighted by molar-refractivity contribution is -0.655. The van der Waals surface area contributed by atoms with Gasteiger partial charge in [-0.15, -0.1) is 0 Å². The molecule has 10 nitrogen and oxygen atoms in total. The van der Waals surface area contributed by atoms with Crippen molar-refractivity contribution >= 4 is 43.6 Å². The third-order valence-electron chi connectivity index (χ3n) is 3.53. The number of allylic oxidation sites excluding steroid dienone is 2. The fraction of sp³-hybridized carbons (Fsp3) is 0.154. The molecule has 0 aromatic heterocycles. The molecule has 0 radical (unpaired) electrons. The molecule has 0 aliphatic heterocycles. The van der Waals surface area contributed by atoms with E-state index in [2.05, 4.69) is 41.9 Å². The van der Waals surface area contributed by atoms with Crippen LogP contribution < -0.4 is 0 Å². The first-order valence-electron chi connectivity index (χ1n) is 6.45. The van der Waals surface area contributed by atoms with Gasteiger partial charge in [0.2, 0.25) is 4.83 Å². The van der Waals surface area contributed by atoms with E-state index in [0.29, 0.717) is 11.1 Å². The van der Waals surface area contributed by atoms with Crippen LogP contribution in [0.2, 0.25) is 0 Å². The smallest absolute Gasteiger partial charge is 0.405 e. The molecule has 0 heterocycles. The number of halogens is 2. The largest absolute Gasteiger partial charge is 0.411 e. The number of benzene rings is 1. The summed E-state index contributed by atoms with van der Waals surface area (Å²) in [5, 5.41) is 43.8. The summed E-state index contributed by atoms with van der Waals surface area (Å²) in [6.07, 6.45) is 2.18. The van der Waals surface area contributed by atoms with Gasteiger partial charge in [0.25, 0.3) is 5.70 Å².